The molecule has 1 heterocycles. The molecule has 0 saturated carbocycles. The number of carbonyl (C=O) groups is 1. The van der Waals surface area contributed by atoms with Crippen molar-refractivity contribution in [2.45, 2.75) is 6.92 Å². The Morgan fingerprint density at radius 2 is 1.70 bits per heavy atom. The zero-order chi connectivity index (χ0) is 16.8. The second kappa shape index (κ2) is 7.63. The third-order valence-corrected chi connectivity index (χ3v) is 3.24. The fourth-order valence-corrected chi connectivity index (χ4v) is 2.24. The van der Waals surface area contributed by atoms with E-state index in [9.17, 15) is 0 Å². The van der Waals surface area contributed by atoms with Crippen LogP contribution in [-0.2, 0) is 4.79 Å². The molecule has 0 aliphatic carbocycles. The molecule has 0 fully saturated rings. The van der Waals surface area contributed by atoms with E-state index in [0.717, 1.165) is 29.1 Å². The second-order valence-corrected chi connectivity index (χ2v) is 5.41. The van der Waals surface area contributed by atoms with Crippen molar-refractivity contribution in [3.63, 3.8) is 0 Å². The van der Waals surface area contributed by atoms with Crippen LogP contribution in [0.4, 0.5) is 0 Å². The molecule has 0 bridgehead atoms. The molecule has 3 rings (SSSR count). The lowest BCUT2D eigenvalue weighted by Gasteiger charge is -1.96. The Kier molecular flexibility index (Phi) is 5.58. The first kappa shape index (κ1) is 16.8. The first-order chi connectivity index (χ1) is 11.0. The number of rotatable bonds is 0. The van der Waals surface area contributed by atoms with Crippen LogP contribution in [-0.4, -0.2) is 21.0 Å². The smallest absolute Gasteiger partial charge is 0.300 e. The number of nitrogens with one attached hydrogen (secondary N) is 2. The Bertz CT molecular complexity index is 945. The number of aromatic nitrogens is 2. The van der Waals surface area contributed by atoms with Crippen molar-refractivity contribution < 1.29 is 9.90 Å². The van der Waals surface area contributed by atoms with Gasteiger partial charge in [-0.15, -0.1) is 0 Å². The van der Waals surface area contributed by atoms with Gasteiger partial charge < -0.3 is 15.1 Å². The summed E-state index contributed by atoms with van der Waals surface area (Å²) in [5.41, 5.74) is 3.54. The lowest BCUT2D eigenvalue weighted by Crippen LogP contribution is -1.80. The summed E-state index contributed by atoms with van der Waals surface area (Å²) in [6, 6.07) is 13.5. The standard InChI is InChI=1S/C15H9ClN2S.C2H4O2/c16-12-9-14-13(17-15(19)18-14)8-11(12)7-6-10-4-2-1-3-5-10;1-2(3)4/h1-5,8-9H,(H2,17,18,19);1H3,(H,3,4). The molecule has 116 valence electrons. The summed E-state index contributed by atoms with van der Waals surface area (Å²) in [6.07, 6.45) is 0. The number of imidazole rings is 1. The topological polar surface area (TPSA) is 68.9 Å². The van der Waals surface area contributed by atoms with Gasteiger partial charge in [0, 0.05) is 18.1 Å². The van der Waals surface area contributed by atoms with Crippen molar-refractivity contribution in [3.8, 4) is 11.8 Å². The minimum absolute atomic E-state index is 0.583. The van der Waals surface area contributed by atoms with Gasteiger partial charge in [0.15, 0.2) is 4.77 Å². The van der Waals surface area contributed by atoms with Crippen molar-refractivity contribution in [3.05, 3.63) is 63.4 Å². The number of H-pyrrole nitrogens is 2. The summed E-state index contributed by atoms with van der Waals surface area (Å²) in [4.78, 5) is 15.1. The summed E-state index contributed by atoms with van der Waals surface area (Å²) in [6.45, 7) is 1.08. The van der Waals surface area contributed by atoms with Crippen LogP contribution in [0.3, 0.4) is 0 Å². The monoisotopic (exact) mass is 344 g/mol. The van der Waals surface area contributed by atoms with Crippen molar-refractivity contribution >= 4 is 40.8 Å². The molecule has 2 aromatic carbocycles. The van der Waals surface area contributed by atoms with Crippen LogP contribution in [0.25, 0.3) is 11.0 Å². The number of carboxylic acid groups (broad SMARTS) is 1. The molecule has 23 heavy (non-hydrogen) atoms. The summed E-state index contributed by atoms with van der Waals surface area (Å²) < 4.78 is 0.583. The SMILES string of the molecule is CC(=O)O.S=c1[nH]c2cc(Cl)c(C#Cc3ccccc3)cc2[nH]1. The van der Waals surface area contributed by atoms with Crippen LogP contribution < -0.4 is 0 Å². The first-order valence-electron chi connectivity index (χ1n) is 6.64. The van der Waals surface area contributed by atoms with Crippen LogP contribution in [0.1, 0.15) is 18.1 Å². The van der Waals surface area contributed by atoms with E-state index >= 15 is 0 Å². The van der Waals surface area contributed by atoms with Gasteiger partial charge in [0.05, 0.1) is 16.1 Å². The molecule has 0 saturated heterocycles. The zero-order valence-corrected chi connectivity index (χ0v) is 13.8. The quantitative estimate of drug-likeness (QED) is 0.419. The van der Waals surface area contributed by atoms with E-state index < -0.39 is 5.97 Å². The number of halogens is 1. The number of fused-ring (bicyclic) bond motifs is 1. The number of carboxylic acids is 1. The van der Waals surface area contributed by atoms with E-state index in [-0.39, 0.29) is 0 Å². The van der Waals surface area contributed by atoms with Gasteiger partial charge in [0.2, 0.25) is 0 Å². The van der Waals surface area contributed by atoms with E-state index in [1.54, 1.807) is 0 Å². The van der Waals surface area contributed by atoms with E-state index in [1.807, 2.05) is 42.5 Å². The fourth-order valence-electron chi connectivity index (χ4n) is 1.81. The molecule has 4 nitrogen and oxygen atoms in total. The lowest BCUT2D eigenvalue weighted by molar-refractivity contribution is -0.134. The summed E-state index contributed by atoms with van der Waals surface area (Å²) >= 11 is 11.3. The Morgan fingerprint density at radius 1 is 1.13 bits per heavy atom. The number of benzene rings is 2. The third-order valence-electron chi connectivity index (χ3n) is 2.72. The Morgan fingerprint density at radius 3 is 2.30 bits per heavy atom. The predicted molar refractivity (Wildman–Crippen MR) is 94.2 cm³/mol. The normalized spacial score (nSPS) is 9.48. The highest BCUT2D eigenvalue weighted by atomic mass is 35.5. The van der Waals surface area contributed by atoms with E-state index in [1.165, 1.54) is 0 Å². The van der Waals surface area contributed by atoms with Crippen LogP contribution in [0, 0.1) is 16.6 Å². The van der Waals surface area contributed by atoms with Crippen LogP contribution in [0.5, 0.6) is 0 Å². The molecule has 0 amide bonds. The molecule has 0 aliphatic rings. The summed E-state index contributed by atoms with van der Waals surface area (Å²) in [5, 5.41) is 8.03. The minimum Gasteiger partial charge on any atom is -0.481 e. The Hall–Kier alpha value is -2.55. The molecule has 0 aliphatic heterocycles. The van der Waals surface area contributed by atoms with Crippen molar-refractivity contribution in [2.24, 2.45) is 0 Å². The number of aliphatic carboxylic acids is 1. The number of hydrogen-bond acceptors (Lipinski definition) is 2. The maximum absolute atomic E-state index is 9.00. The summed E-state index contributed by atoms with van der Waals surface area (Å²) in [7, 11) is 0. The maximum Gasteiger partial charge on any atom is 0.300 e. The van der Waals surface area contributed by atoms with Gasteiger partial charge in [-0.3, -0.25) is 4.79 Å². The third kappa shape index (κ3) is 4.99. The molecule has 0 atom stereocenters. The average molecular weight is 345 g/mol. The van der Waals surface area contributed by atoms with Gasteiger partial charge in [-0.05, 0) is 36.5 Å². The summed E-state index contributed by atoms with van der Waals surface area (Å²) in [5.74, 6) is 5.34. The molecular formula is C17H13ClN2O2S. The molecule has 0 unspecified atom stereocenters. The van der Waals surface area contributed by atoms with Gasteiger partial charge in [-0.25, -0.2) is 0 Å². The van der Waals surface area contributed by atoms with Crippen molar-refractivity contribution in [1.82, 2.24) is 9.97 Å². The maximum atomic E-state index is 9.00. The van der Waals surface area contributed by atoms with Crippen LogP contribution in [0.15, 0.2) is 42.5 Å². The van der Waals surface area contributed by atoms with E-state index in [0.29, 0.717) is 9.79 Å². The molecule has 3 N–H and O–H groups in total. The Balaban J connectivity index is 0.000000433. The lowest BCUT2D eigenvalue weighted by atomic mass is 10.1. The molecule has 1 aromatic heterocycles. The highest BCUT2D eigenvalue weighted by Crippen LogP contribution is 2.21. The minimum atomic E-state index is -0.833. The van der Waals surface area contributed by atoms with E-state index in [2.05, 4.69) is 21.8 Å². The number of aromatic amines is 2. The predicted octanol–water partition coefficient (Wildman–Crippen LogP) is 4.37. The van der Waals surface area contributed by atoms with Crippen LogP contribution in [0.2, 0.25) is 5.02 Å². The highest BCUT2D eigenvalue weighted by molar-refractivity contribution is 7.71. The molecular weight excluding hydrogens is 332 g/mol. The number of hydrogen-bond donors (Lipinski definition) is 3. The first-order valence-corrected chi connectivity index (χ1v) is 7.42. The zero-order valence-electron chi connectivity index (χ0n) is 12.2. The van der Waals surface area contributed by atoms with Crippen molar-refractivity contribution in [2.75, 3.05) is 0 Å². The highest BCUT2D eigenvalue weighted by Gasteiger charge is 2.02. The molecule has 3 aromatic rings. The Labute approximate surface area is 143 Å². The van der Waals surface area contributed by atoms with Gasteiger partial charge in [-0.2, -0.15) is 0 Å². The van der Waals surface area contributed by atoms with Gasteiger partial charge >= 0.3 is 0 Å². The van der Waals surface area contributed by atoms with E-state index in [4.69, 9.17) is 33.7 Å². The molecule has 0 spiro atoms. The average Bonchev–Trinajstić information content (AvgIpc) is 2.84. The molecule has 0 radical (unpaired) electrons. The van der Waals surface area contributed by atoms with Gasteiger partial charge in [0.25, 0.3) is 5.97 Å². The van der Waals surface area contributed by atoms with Crippen molar-refractivity contribution in [1.29, 1.82) is 0 Å². The largest absolute Gasteiger partial charge is 0.481 e. The second-order valence-electron chi connectivity index (χ2n) is 4.59. The van der Waals surface area contributed by atoms with Gasteiger partial charge in [0.1, 0.15) is 0 Å². The fraction of sp³-hybridized carbons (Fsp3) is 0.0588. The van der Waals surface area contributed by atoms with Crippen LogP contribution >= 0.6 is 23.8 Å². The van der Waals surface area contributed by atoms with Gasteiger partial charge in [-0.1, -0.05) is 41.6 Å². The molecule has 6 heteroatoms.